The van der Waals surface area contributed by atoms with Gasteiger partial charge >= 0.3 is 11.7 Å². The van der Waals surface area contributed by atoms with Crippen LogP contribution in [-0.2, 0) is 22.2 Å². The third kappa shape index (κ3) is 2.08. The molecular weight excluding hydrogens is 288 g/mol. The number of aromatic amines is 1. The molecule has 0 bridgehead atoms. The van der Waals surface area contributed by atoms with Gasteiger partial charge in [0, 0.05) is 13.2 Å². The number of H-pyrrole nitrogens is 1. The van der Waals surface area contributed by atoms with Crippen LogP contribution in [0.15, 0.2) is 15.8 Å². The molecule has 21 heavy (non-hydrogen) atoms. The topological polar surface area (TPSA) is 162 Å². The average molecular weight is 302 g/mol. The Bertz CT molecular complexity index is 680. The maximum absolute atomic E-state index is 11.9. The second kappa shape index (κ2) is 5.07. The van der Waals surface area contributed by atoms with E-state index in [9.17, 15) is 29.7 Å². The number of carboxylic acids is 1. The summed E-state index contributed by atoms with van der Waals surface area (Å²) in [5.74, 6) is -1.73. The predicted molar refractivity (Wildman–Crippen MR) is 65.6 cm³/mol. The van der Waals surface area contributed by atoms with Crippen LogP contribution in [0.4, 0.5) is 0 Å². The lowest BCUT2D eigenvalue weighted by Crippen LogP contribution is -2.51. The quantitative estimate of drug-likeness (QED) is 0.383. The van der Waals surface area contributed by atoms with Crippen LogP contribution in [0.3, 0.4) is 0 Å². The molecule has 1 saturated heterocycles. The number of ether oxygens (including phenoxy) is 1. The Kier molecular flexibility index (Phi) is 3.72. The lowest BCUT2D eigenvalue weighted by molar-refractivity contribution is -0.176. The second-order valence-electron chi connectivity index (χ2n) is 4.73. The minimum Gasteiger partial charge on any atom is -0.479 e. The Morgan fingerprint density at radius 3 is 2.57 bits per heavy atom. The van der Waals surface area contributed by atoms with Crippen LogP contribution in [0, 0.1) is 0 Å². The van der Waals surface area contributed by atoms with Gasteiger partial charge in [-0.25, -0.2) is 9.59 Å². The van der Waals surface area contributed by atoms with Gasteiger partial charge in [0.25, 0.3) is 5.56 Å². The fourth-order valence-corrected chi connectivity index (χ4v) is 2.31. The van der Waals surface area contributed by atoms with Crippen molar-refractivity contribution in [2.75, 3.05) is 6.61 Å². The van der Waals surface area contributed by atoms with Gasteiger partial charge in [-0.1, -0.05) is 0 Å². The van der Waals surface area contributed by atoms with Crippen LogP contribution in [0.2, 0.25) is 0 Å². The van der Waals surface area contributed by atoms with E-state index in [0.29, 0.717) is 0 Å². The number of carboxylic acid groups (broad SMARTS) is 1. The molecular formula is C11H14N2O8. The van der Waals surface area contributed by atoms with E-state index < -0.39 is 53.3 Å². The number of rotatable bonds is 3. The lowest BCUT2D eigenvalue weighted by Gasteiger charge is -2.27. The van der Waals surface area contributed by atoms with Gasteiger partial charge in [-0.2, -0.15) is 0 Å². The number of aliphatic hydroxyl groups is 3. The molecule has 1 aromatic rings. The first-order valence-corrected chi connectivity index (χ1v) is 5.94. The van der Waals surface area contributed by atoms with Crippen LogP contribution in [0.1, 0.15) is 5.56 Å². The van der Waals surface area contributed by atoms with Crippen molar-refractivity contribution in [3.63, 3.8) is 0 Å². The number of carbonyl (C=O) groups is 1. The summed E-state index contributed by atoms with van der Waals surface area (Å²) in [5.41, 5.74) is -4.98. The fraction of sp³-hybridized carbons (Fsp3) is 0.545. The number of aliphatic hydroxyl groups excluding tert-OH is 3. The second-order valence-corrected chi connectivity index (χ2v) is 4.73. The molecule has 0 spiro atoms. The highest BCUT2D eigenvalue weighted by molar-refractivity contribution is 5.81. The first kappa shape index (κ1) is 15.4. The molecule has 116 valence electrons. The zero-order chi connectivity index (χ0) is 15.9. The molecule has 4 atom stereocenters. The molecule has 2 rings (SSSR count). The highest BCUT2D eigenvalue weighted by atomic mass is 16.6. The van der Waals surface area contributed by atoms with E-state index in [4.69, 9.17) is 9.84 Å². The van der Waals surface area contributed by atoms with Crippen molar-refractivity contribution in [2.24, 2.45) is 7.05 Å². The molecule has 10 nitrogen and oxygen atoms in total. The molecule has 0 aromatic carbocycles. The first-order chi connectivity index (χ1) is 9.75. The molecule has 0 amide bonds. The van der Waals surface area contributed by atoms with Crippen molar-refractivity contribution in [1.29, 1.82) is 0 Å². The SMILES string of the molecule is Cn1cc([C@]2(C(=O)O)O[C@H](CO)[C@@H](O)[C@H]2O)c(=O)[nH]c1=O. The zero-order valence-electron chi connectivity index (χ0n) is 10.9. The molecule has 0 radical (unpaired) electrons. The Morgan fingerprint density at radius 1 is 1.48 bits per heavy atom. The Balaban J connectivity index is 2.71. The number of nitrogens with one attached hydrogen (secondary N) is 1. The molecule has 1 aliphatic rings. The van der Waals surface area contributed by atoms with Crippen LogP contribution < -0.4 is 11.2 Å². The van der Waals surface area contributed by atoms with E-state index in [1.165, 1.54) is 7.05 Å². The van der Waals surface area contributed by atoms with Crippen molar-refractivity contribution in [3.05, 3.63) is 32.6 Å². The minimum absolute atomic E-state index is 0.556. The van der Waals surface area contributed by atoms with Gasteiger partial charge in [0.1, 0.15) is 18.3 Å². The van der Waals surface area contributed by atoms with Crippen molar-refractivity contribution in [3.8, 4) is 0 Å². The predicted octanol–water partition coefficient (Wildman–Crippen LogP) is -3.53. The van der Waals surface area contributed by atoms with E-state index >= 15 is 0 Å². The van der Waals surface area contributed by atoms with E-state index in [0.717, 1.165) is 10.8 Å². The number of hydrogen-bond acceptors (Lipinski definition) is 7. The summed E-state index contributed by atoms with van der Waals surface area (Å²) < 4.78 is 5.96. The van der Waals surface area contributed by atoms with Crippen LogP contribution in [-0.4, -0.2) is 60.9 Å². The first-order valence-electron chi connectivity index (χ1n) is 5.94. The van der Waals surface area contributed by atoms with Gasteiger partial charge in [-0.15, -0.1) is 0 Å². The fourth-order valence-electron chi connectivity index (χ4n) is 2.31. The van der Waals surface area contributed by atoms with Crippen LogP contribution in [0.25, 0.3) is 0 Å². The third-order valence-electron chi connectivity index (χ3n) is 3.46. The monoisotopic (exact) mass is 302 g/mol. The zero-order valence-corrected chi connectivity index (χ0v) is 10.9. The van der Waals surface area contributed by atoms with E-state index in [-0.39, 0.29) is 0 Å². The molecule has 0 saturated carbocycles. The van der Waals surface area contributed by atoms with Crippen LogP contribution in [0.5, 0.6) is 0 Å². The average Bonchev–Trinajstić information content (AvgIpc) is 2.68. The lowest BCUT2D eigenvalue weighted by atomic mass is 9.88. The number of aromatic nitrogens is 2. The highest BCUT2D eigenvalue weighted by Crippen LogP contribution is 2.38. The summed E-state index contributed by atoms with van der Waals surface area (Å²) in [4.78, 5) is 36.6. The number of hydrogen-bond donors (Lipinski definition) is 5. The van der Waals surface area contributed by atoms with Crippen molar-refractivity contribution < 1.29 is 30.0 Å². The van der Waals surface area contributed by atoms with Gasteiger partial charge in [0.05, 0.1) is 12.2 Å². The molecule has 0 unspecified atom stereocenters. The molecule has 10 heteroatoms. The number of aryl methyl sites for hydroxylation is 1. The van der Waals surface area contributed by atoms with Gasteiger partial charge in [-0.3, -0.25) is 9.78 Å². The number of nitrogens with zero attached hydrogens (tertiary/aromatic N) is 1. The normalized spacial score (nSPS) is 32.3. The molecule has 0 aliphatic carbocycles. The molecule has 1 fully saturated rings. The maximum atomic E-state index is 11.9. The van der Waals surface area contributed by atoms with Gasteiger partial charge < -0.3 is 29.7 Å². The molecule has 1 aromatic heterocycles. The minimum atomic E-state index is -2.58. The summed E-state index contributed by atoms with van der Waals surface area (Å²) in [6.45, 7) is -0.753. The Morgan fingerprint density at radius 2 is 2.10 bits per heavy atom. The van der Waals surface area contributed by atoms with E-state index in [2.05, 4.69) is 0 Å². The standard InChI is InChI=1S/C11H14N2O8/c1-13-2-4(8(17)12-10(13)20)11(9(18)19)7(16)6(15)5(3-14)21-11/h2,5-7,14-16H,3H2,1H3,(H,18,19)(H,12,17,20)/t5-,6-,7-,11+/m1/s1. The summed E-state index contributed by atoms with van der Waals surface area (Å²) in [5, 5.41) is 38.2. The Labute approximate surface area is 116 Å². The number of aliphatic carboxylic acids is 1. The summed E-state index contributed by atoms with van der Waals surface area (Å²) in [6, 6.07) is 0. The maximum Gasteiger partial charge on any atom is 0.343 e. The van der Waals surface area contributed by atoms with Crippen molar-refractivity contribution >= 4 is 5.97 Å². The van der Waals surface area contributed by atoms with Gasteiger partial charge in [0.15, 0.2) is 0 Å². The van der Waals surface area contributed by atoms with Gasteiger partial charge in [0.2, 0.25) is 5.60 Å². The van der Waals surface area contributed by atoms with Gasteiger partial charge in [-0.05, 0) is 0 Å². The largest absolute Gasteiger partial charge is 0.479 e. The van der Waals surface area contributed by atoms with Crippen molar-refractivity contribution in [1.82, 2.24) is 9.55 Å². The summed E-state index contributed by atoms with van der Waals surface area (Å²) in [6.07, 6.45) is -4.17. The van der Waals surface area contributed by atoms with Crippen molar-refractivity contribution in [2.45, 2.75) is 23.9 Å². The Hall–Kier alpha value is -2.01. The van der Waals surface area contributed by atoms with E-state index in [1.54, 1.807) is 0 Å². The molecule has 5 N–H and O–H groups in total. The molecule has 1 aliphatic heterocycles. The highest BCUT2D eigenvalue weighted by Gasteiger charge is 2.61. The summed E-state index contributed by atoms with van der Waals surface area (Å²) in [7, 11) is 1.26. The molecule has 2 heterocycles. The smallest absolute Gasteiger partial charge is 0.343 e. The summed E-state index contributed by atoms with van der Waals surface area (Å²) >= 11 is 0. The third-order valence-corrected chi connectivity index (χ3v) is 3.46. The van der Waals surface area contributed by atoms with E-state index in [1.807, 2.05) is 4.98 Å². The van der Waals surface area contributed by atoms with Crippen LogP contribution >= 0.6 is 0 Å².